The van der Waals surface area contributed by atoms with Gasteiger partial charge in [0.1, 0.15) is 0 Å². The molecule has 0 spiro atoms. The highest BCUT2D eigenvalue weighted by atomic mass is 35.5. The van der Waals surface area contributed by atoms with Gasteiger partial charge in [-0.25, -0.2) is 0 Å². The molecule has 1 aliphatic carbocycles. The first kappa shape index (κ1) is 20.5. The van der Waals surface area contributed by atoms with Crippen molar-refractivity contribution in [3.05, 3.63) is 40.4 Å². The zero-order valence-electron chi connectivity index (χ0n) is 13.1. The van der Waals surface area contributed by atoms with Gasteiger partial charge in [0.25, 0.3) is 0 Å². The first-order valence-corrected chi connectivity index (χ1v) is 7.41. The standard InChI is InChI=1S/C13H16ClN5.C2HF3O/c14-10-3-1-2-8-4-5-9(11(8)10)6-7-18-13(17)19-12(15)16;3-2(4,5)1-6/h1-3,5H,4,6-7H2,(H6,15,16,17,18,19);1H. The van der Waals surface area contributed by atoms with Crippen LogP contribution in [0.2, 0.25) is 5.02 Å². The number of alkyl halides is 3. The fraction of sp³-hybridized carbons (Fsp3) is 0.267. The second-order valence-corrected chi connectivity index (χ2v) is 5.30. The minimum atomic E-state index is -4.64. The SMILES string of the molecule is NC(N)=NC(N)=NCCC1=CCc2cccc(Cl)c21.O=CC(F)(F)F. The number of nitrogens with two attached hydrogens (primary N) is 3. The zero-order valence-corrected chi connectivity index (χ0v) is 13.8. The molecular formula is C15H17ClF3N5O. The van der Waals surface area contributed by atoms with Gasteiger partial charge in [-0.2, -0.15) is 18.2 Å². The Morgan fingerprint density at radius 3 is 2.48 bits per heavy atom. The summed E-state index contributed by atoms with van der Waals surface area (Å²) in [5.41, 5.74) is 19.5. The van der Waals surface area contributed by atoms with E-state index in [2.05, 4.69) is 22.1 Å². The summed E-state index contributed by atoms with van der Waals surface area (Å²) in [6, 6.07) is 5.95. The Morgan fingerprint density at radius 2 is 1.92 bits per heavy atom. The fourth-order valence-corrected chi connectivity index (χ4v) is 2.43. The van der Waals surface area contributed by atoms with E-state index in [0.717, 1.165) is 23.4 Å². The molecule has 0 aromatic heterocycles. The number of guanidine groups is 2. The van der Waals surface area contributed by atoms with Gasteiger partial charge in [0.15, 0.2) is 5.96 Å². The Bertz CT molecular complexity index is 710. The normalized spacial score (nSPS) is 13.3. The van der Waals surface area contributed by atoms with E-state index in [0.29, 0.717) is 6.54 Å². The molecule has 0 radical (unpaired) electrons. The molecule has 0 heterocycles. The van der Waals surface area contributed by atoms with Crippen LogP contribution in [0.15, 0.2) is 34.3 Å². The number of hydrogen-bond donors (Lipinski definition) is 3. The highest BCUT2D eigenvalue weighted by molar-refractivity contribution is 6.32. The summed E-state index contributed by atoms with van der Waals surface area (Å²) in [6.45, 7) is 0.527. The summed E-state index contributed by atoms with van der Waals surface area (Å²) in [4.78, 5) is 16.5. The molecule has 25 heavy (non-hydrogen) atoms. The first-order valence-electron chi connectivity index (χ1n) is 7.03. The highest BCUT2D eigenvalue weighted by Crippen LogP contribution is 2.35. The van der Waals surface area contributed by atoms with Crippen LogP contribution in [-0.4, -0.2) is 30.9 Å². The van der Waals surface area contributed by atoms with Crippen LogP contribution >= 0.6 is 11.6 Å². The number of carbonyl (C=O) groups is 1. The maximum absolute atomic E-state index is 10.4. The van der Waals surface area contributed by atoms with E-state index in [-0.39, 0.29) is 11.9 Å². The van der Waals surface area contributed by atoms with Gasteiger partial charge in [0, 0.05) is 11.6 Å². The van der Waals surface area contributed by atoms with Crippen LogP contribution in [0.1, 0.15) is 17.5 Å². The van der Waals surface area contributed by atoms with Crippen LogP contribution in [0.5, 0.6) is 0 Å². The number of aliphatic imine (C=N–C) groups is 2. The average molecular weight is 376 g/mol. The highest BCUT2D eigenvalue weighted by Gasteiger charge is 2.24. The van der Waals surface area contributed by atoms with E-state index >= 15 is 0 Å². The smallest absolute Gasteiger partial charge is 0.370 e. The lowest BCUT2D eigenvalue weighted by molar-refractivity contribution is -0.156. The van der Waals surface area contributed by atoms with E-state index in [1.807, 2.05) is 12.1 Å². The van der Waals surface area contributed by atoms with Crippen molar-refractivity contribution in [3.8, 4) is 0 Å². The molecule has 1 aliphatic rings. The number of aldehydes is 1. The molecule has 6 nitrogen and oxygen atoms in total. The molecule has 2 rings (SSSR count). The van der Waals surface area contributed by atoms with Crippen LogP contribution in [-0.2, 0) is 11.2 Å². The van der Waals surface area contributed by atoms with Gasteiger partial charge in [-0.1, -0.05) is 29.8 Å². The maximum Gasteiger partial charge on any atom is 0.446 e. The van der Waals surface area contributed by atoms with Crippen LogP contribution in [0.4, 0.5) is 13.2 Å². The molecule has 0 aliphatic heterocycles. The molecular weight excluding hydrogens is 359 g/mol. The lowest BCUT2D eigenvalue weighted by Crippen LogP contribution is -2.26. The summed E-state index contributed by atoms with van der Waals surface area (Å²) in [5, 5.41) is 0.780. The van der Waals surface area contributed by atoms with Crippen LogP contribution in [0.25, 0.3) is 5.57 Å². The van der Waals surface area contributed by atoms with Crippen molar-refractivity contribution in [2.45, 2.75) is 19.0 Å². The summed E-state index contributed by atoms with van der Waals surface area (Å²) < 4.78 is 31.2. The molecule has 0 unspecified atom stereocenters. The Morgan fingerprint density at radius 1 is 1.28 bits per heavy atom. The predicted octanol–water partition coefficient (Wildman–Crippen LogP) is 2.01. The third kappa shape index (κ3) is 7.25. The van der Waals surface area contributed by atoms with E-state index in [1.165, 1.54) is 11.1 Å². The topological polar surface area (TPSA) is 120 Å². The summed E-state index contributed by atoms with van der Waals surface area (Å²) >= 11 is 6.22. The van der Waals surface area contributed by atoms with E-state index in [1.54, 1.807) is 0 Å². The van der Waals surface area contributed by atoms with Crippen molar-refractivity contribution < 1.29 is 18.0 Å². The number of carbonyl (C=O) groups excluding carboxylic acids is 1. The van der Waals surface area contributed by atoms with Crippen molar-refractivity contribution in [2.24, 2.45) is 27.2 Å². The zero-order chi connectivity index (χ0) is 19.0. The largest absolute Gasteiger partial charge is 0.446 e. The van der Waals surface area contributed by atoms with E-state index in [9.17, 15) is 13.2 Å². The molecule has 1 aromatic rings. The van der Waals surface area contributed by atoms with Crippen LogP contribution < -0.4 is 17.2 Å². The minimum absolute atomic E-state index is 0.0882. The van der Waals surface area contributed by atoms with Crippen molar-refractivity contribution >= 4 is 35.4 Å². The number of rotatable bonds is 3. The molecule has 0 saturated carbocycles. The average Bonchev–Trinajstić information content (AvgIpc) is 2.91. The summed E-state index contributed by atoms with van der Waals surface area (Å²) in [7, 11) is 0. The Balaban J connectivity index is 0.000000450. The molecule has 0 amide bonds. The Labute approximate surface area is 147 Å². The molecule has 1 aromatic carbocycles. The van der Waals surface area contributed by atoms with Crippen LogP contribution in [0, 0.1) is 0 Å². The molecule has 0 saturated heterocycles. The van der Waals surface area contributed by atoms with Crippen molar-refractivity contribution in [1.29, 1.82) is 0 Å². The van der Waals surface area contributed by atoms with Gasteiger partial charge in [-0.3, -0.25) is 9.79 Å². The van der Waals surface area contributed by atoms with Gasteiger partial charge in [0.2, 0.25) is 12.2 Å². The first-order chi connectivity index (χ1) is 11.6. The van der Waals surface area contributed by atoms with E-state index in [4.69, 9.17) is 33.6 Å². The Hall–Kier alpha value is -2.55. The number of nitrogens with zero attached hydrogens (tertiary/aromatic N) is 2. The lowest BCUT2D eigenvalue weighted by atomic mass is 10.0. The van der Waals surface area contributed by atoms with E-state index < -0.39 is 12.5 Å². The van der Waals surface area contributed by atoms with Crippen molar-refractivity contribution in [2.75, 3.05) is 6.54 Å². The third-order valence-electron chi connectivity index (χ3n) is 3.02. The number of halogens is 4. The van der Waals surface area contributed by atoms with Gasteiger partial charge in [-0.15, -0.1) is 0 Å². The van der Waals surface area contributed by atoms with Gasteiger partial charge < -0.3 is 17.2 Å². The lowest BCUT2D eigenvalue weighted by Gasteiger charge is -2.06. The molecule has 136 valence electrons. The molecule has 6 N–H and O–H groups in total. The predicted molar refractivity (Wildman–Crippen MR) is 92.2 cm³/mol. The second-order valence-electron chi connectivity index (χ2n) is 4.89. The fourth-order valence-electron chi connectivity index (χ4n) is 2.12. The molecule has 0 fully saturated rings. The number of hydrogen-bond acceptors (Lipinski definition) is 2. The van der Waals surface area contributed by atoms with Crippen molar-refractivity contribution in [3.63, 3.8) is 0 Å². The van der Waals surface area contributed by atoms with Gasteiger partial charge >= 0.3 is 6.18 Å². The number of allylic oxidation sites excluding steroid dienone is 1. The summed E-state index contributed by atoms with van der Waals surface area (Å²) in [6.07, 6.45) is -1.86. The minimum Gasteiger partial charge on any atom is -0.370 e. The summed E-state index contributed by atoms with van der Waals surface area (Å²) in [5.74, 6) is 0.00713. The second kappa shape index (κ2) is 9.07. The number of benzene rings is 1. The van der Waals surface area contributed by atoms with Gasteiger partial charge in [0.05, 0.1) is 0 Å². The number of fused-ring (bicyclic) bond motifs is 1. The Kier molecular flexibility index (Phi) is 7.43. The van der Waals surface area contributed by atoms with Crippen LogP contribution in [0.3, 0.4) is 0 Å². The molecule has 0 bridgehead atoms. The molecule has 0 atom stereocenters. The quantitative estimate of drug-likeness (QED) is 0.425. The van der Waals surface area contributed by atoms with Gasteiger partial charge in [-0.05, 0) is 35.6 Å². The van der Waals surface area contributed by atoms with Crippen molar-refractivity contribution in [1.82, 2.24) is 0 Å². The molecule has 10 heteroatoms. The third-order valence-corrected chi connectivity index (χ3v) is 3.34. The maximum atomic E-state index is 10.4. The monoisotopic (exact) mass is 375 g/mol.